The number of nitrogens with one attached hydrogen (secondary N) is 1. The number of rotatable bonds is 9. The molecule has 0 radical (unpaired) electrons. The molecule has 0 bridgehead atoms. The Labute approximate surface area is 99.7 Å². The quantitative estimate of drug-likeness (QED) is 0.467. The lowest BCUT2D eigenvalue weighted by molar-refractivity contribution is 0.109. The zero-order valence-corrected chi connectivity index (χ0v) is 11.1. The number of hydrogen-bond donors (Lipinski definition) is 2. The minimum atomic E-state index is 0.276. The van der Waals surface area contributed by atoms with Crippen LogP contribution in [0.4, 0.5) is 0 Å². The fraction of sp³-hybridized carbons (Fsp3) is 0.917. The Hall–Kier alpha value is -0.610. The first-order valence-corrected chi connectivity index (χ1v) is 6.07. The minimum absolute atomic E-state index is 0.276. The highest BCUT2D eigenvalue weighted by molar-refractivity contribution is 5.77. The Morgan fingerprint density at radius 2 is 2.06 bits per heavy atom. The summed E-state index contributed by atoms with van der Waals surface area (Å²) in [6, 6.07) is 0.370. The number of amidine groups is 1. The Bertz CT molecular complexity index is 195. The summed E-state index contributed by atoms with van der Waals surface area (Å²) in [4.78, 5) is 2.38. The second-order valence-electron chi connectivity index (χ2n) is 4.67. The van der Waals surface area contributed by atoms with E-state index in [-0.39, 0.29) is 5.84 Å². The van der Waals surface area contributed by atoms with Gasteiger partial charge >= 0.3 is 0 Å². The van der Waals surface area contributed by atoms with Crippen LogP contribution in [0.5, 0.6) is 0 Å². The van der Waals surface area contributed by atoms with Gasteiger partial charge in [-0.1, -0.05) is 20.8 Å². The van der Waals surface area contributed by atoms with E-state index < -0.39 is 0 Å². The zero-order valence-electron chi connectivity index (χ0n) is 11.1. The highest BCUT2D eigenvalue weighted by Crippen LogP contribution is 2.11. The maximum absolute atomic E-state index is 7.40. The van der Waals surface area contributed by atoms with Crippen molar-refractivity contribution in [2.45, 2.75) is 39.7 Å². The molecule has 16 heavy (non-hydrogen) atoms. The van der Waals surface area contributed by atoms with Crippen molar-refractivity contribution in [3.8, 4) is 0 Å². The molecule has 0 aromatic carbocycles. The molecule has 0 aliphatic rings. The van der Waals surface area contributed by atoms with E-state index in [0.29, 0.717) is 18.4 Å². The summed E-state index contributed by atoms with van der Waals surface area (Å²) in [6.07, 6.45) is 1.68. The van der Waals surface area contributed by atoms with Crippen molar-refractivity contribution < 1.29 is 4.74 Å². The Kier molecular flexibility index (Phi) is 8.21. The molecule has 1 unspecified atom stereocenters. The predicted molar refractivity (Wildman–Crippen MR) is 68.9 cm³/mol. The molecule has 0 amide bonds. The van der Waals surface area contributed by atoms with Crippen LogP contribution in [0, 0.1) is 11.3 Å². The SMILES string of the molecule is CCC(CC(=N)N)N(CCOC)CC(C)C. The third-order valence-electron chi connectivity index (χ3n) is 2.63. The lowest BCUT2D eigenvalue weighted by atomic mass is 10.1. The molecule has 0 saturated carbocycles. The summed E-state index contributed by atoms with van der Waals surface area (Å²) in [6.45, 7) is 9.26. The summed E-state index contributed by atoms with van der Waals surface area (Å²) in [5, 5.41) is 7.40. The lowest BCUT2D eigenvalue weighted by Crippen LogP contribution is -2.41. The number of nitrogens with zero attached hydrogens (tertiary/aromatic N) is 1. The normalized spacial score (nSPS) is 13.4. The highest BCUT2D eigenvalue weighted by Gasteiger charge is 2.18. The maximum Gasteiger partial charge on any atom is 0.0921 e. The van der Waals surface area contributed by atoms with Crippen LogP contribution in [0.15, 0.2) is 0 Å². The molecular formula is C12H27N3O. The molecule has 4 nitrogen and oxygen atoms in total. The number of nitrogens with two attached hydrogens (primary N) is 1. The highest BCUT2D eigenvalue weighted by atomic mass is 16.5. The lowest BCUT2D eigenvalue weighted by Gasteiger charge is -2.32. The molecule has 0 aromatic rings. The molecule has 0 spiro atoms. The van der Waals surface area contributed by atoms with Crippen LogP contribution in [0.3, 0.4) is 0 Å². The van der Waals surface area contributed by atoms with Crippen molar-refractivity contribution in [1.29, 1.82) is 5.41 Å². The zero-order chi connectivity index (χ0) is 12.6. The molecule has 0 fully saturated rings. The van der Waals surface area contributed by atoms with Gasteiger partial charge in [-0.15, -0.1) is 0 Å². The summed E-state index contributed by atoms with van der Waals surface area (Å²) >= 11 is 0. The predicted octanol–water partition coefficient (Wildman–Crippen LogP) is 1.70. The largest absolute Gasteiger partial charge is 0.388 e. The van der Waals surface area contributed by atoms with E-state index in [0.717, 1.165) is 26.1 Å². The van der Waals surface area contributed by atoms with Crippen molar-refractivity contribution in [3.63, 3.8) is 0 Å². The van der Waals surface area contributed by atoms with E-state index in [1.165, 1.54) is 0 Å². The first-order chi connectivity index (χ1) is 7.51. The summed E-state index contributed by atoms with van der Waals surface area (Å²) in [7, 11) is 1.72. The van der Waals surface area contributed by atoms with Crippen LogP contribution in [0.1, 0.15) is 33.6 Å². The van der Waals surface area contributed by atoms with E-state index in [1.807, 2.05) is 0 Å². The van der Waals surface area contributed by atoms with Crippen molar-refractivity contribution in [2.75, 3.05) is 26.8 Å². The van der Waals surface area contributed by atoms with Crippen LogP contribution >= 0.6 is 0 Å². The second-order valence-corrected chi connectivity index (χ2v) is 4.67. The number of methoxy groups -OCH3 is 1. The minimum Gasteiger partial charge on any atom is -0.388 e. The van der Waals surface area contributed by atoms with Gasteiger partial charge in [0.1, 0.15) is 0 Å². The number of ether oxygens (including phenoxy) is 1. The van der Waals surface area contributed by atoms with Gasteiger partial charge in [-0.3, -0.25) is 10.3 Å². The molecule has 0 saturated heterocycles. The van der Waals surface area contributed by atoms with Gasteiger partial charge in [0.25, 0.3) is 0 Å². The molecule has 0 aliphatic heterocycles. The van der Waals surface area contributed by atoms with Gasteiger partial charge in [0.15, 0.2) is 0 Å². The summed E-state index contributed by atoms with van der Waals surface area (Å²) in [5.74, 6) is 0.899. The molecule has 4 heteroatoms. The van der Waals surface area contributed by atoms with E-state index in [1.54, 1.807) is 7.11 Å². The molecule has 0 heterocycles. The van der Waals surface area contributed by atoms with Crippen molar-refractivity contribution in [3.05, 3.63) is 0 Å². The third kappa shape index (κ3) is 6.80. The first kappa shape index (κ1) is 15.4. The standard InChI is InChI=1S/C12H27N3O/c1-5-11(8-12(13)14)15(6-7-16-4)9-10(2)3/h10-11H,5-9H2,1-4H3,(H3,13,14). The van der Waals surface area contributed by atoms with Crippen LogP contribution in [-0.2, 0) is 4.74 Å². The monoisotopic (exact) mass is 229 g/mol. The first-order valence-electron chi connectivity index (χ1n) is 6.07. The van der Waals surface area contributed by atoms with Crippen LogP contribution in [-0.4, -0.2) is 43.6 Å². The van der Waals surface area contributed by atoms with E-state index in [2.05, 4.69) is 25.7 Å². The van der Waals surface area contributed by atoms with Gasteiger partial charge in [-0.2, -0.15) is 0 Å². The van der Waals surface area contributed by atoms with Crippen LogP contribution in [0.2, 0.25) is 0 Å². The van der Waals surface area contributed by atoms with Crippen LogP contribution in [0.25, 0.3) is 0 Å². The Morgan fingerprint density at radius 1 is 1.44 bits per heavy atom. The topological polar surface area (TPSA) is 62.3 Å². The Balaban J connectivity index is 4.35. The number of hydrogen-bond acceptors (Lipinski definition) is 3. The van der Waals surface area contributed by atoms with E-state index in [4.69, 9.17) is 15.9 Å². The second kappa shape index (κ2) is 8.53. The molecule has 3 N–H and O–H groups in total. The Morgan fingerprint density at radius 3 is 2.44 bits per heavy atom. The average molecular weight is 229 g/mol. The van der Waals surface area contributed by atoms with Crippen molar-refractivity contribution >= 4 is 5.84 Å². The van der Waals surface area contributed by atoms with Crippen LogP contribution < -0.4 is 5.73 Å². The van der Waals surface area contributed by atoms with Gasteiger partial charge in [-0.25, -0.2) is 0 Å². The fourth-order valence-electron chi connectivity index (χ4n) is 1.89. The maximum atomic E-state index is 7.40. The van der Waals surface area contributed by atoms with E-state index >= 15 is 0 Å². The van der Waals surface area contributed by atoms with Crippen molar-refractivity contribution in [1.82, 2.24) is 4.90 Å². The van der Waals surface area contributed by atoms with Gasteiger partial charge in [0.2, 0.25) is 0 Å². The molecular weight excluding hydrogens is 202 g/mol. The summed E-state index contributed by atoms with van der Waals surface area (Å²) < 4.78 is 5.13. The fourth-order valence-corrected chi connectivity index (χ4v) is 1.89. The third-order valence-corrected chi connectivity index (χ3v) is 2.63. The molecule has 96 valence electrons. The molecule has 0 aromatic heterocycles. The van der Waals surface area contributed by atoms with E-state index in [9.17, 15) is 0 Å². The molecule has 0 rings (SSSR count). The molecule has 1 atom stereocenters. The van der Waals surface area contributed by atoms with Gasteiger partial charge in [0, 0.05) is 32.7 Å². The van der Waals surface area contributed by atoms with Gasteiger partial charge < -0.3 is 10.5 Å². The van der Waals surface area contributed by atoms with Gasteiger partial charge in [-0.05, 0) is 12.3 Å². The summed E-state index contributed by atoms with van der Waals surface area (Å²) in [5.41, 5.74) is 5.49. The smallest absolute Gasteiger partial charge is 0.0921 e. The average Bonchev–Trinajstić information content (AvgIpc) is 2.20. The molecule has 0 aliphatic carbocycles. The van der Waals surface area contributed by atoms with Crippen molar-refractivity contribution in [2.24, 2.45) is 11.7 Å². The van der Waals surface area contributed by atoms with Gasteiger partial charge in [0.05, 0.1) is 12.4 Å².